The van der Waals surface area contributed by atoms with Crippen molar-refractivity contribution in [1.82, 2.24) is 15.3 Å². The van der Waals surface area contributed by atoms with E-state index >= 15 is 0 Å². The van der Waals surface area contributed by atoms with Crippen LogP contribution in [0.1, 0.15) is 13.8 Å². The first-order chi connectivity index (χ1) is 8.70. The van der Waals surface area contributed by atoms with Crippen LogP contribution in [0.15, 0.2) is 12.4 Å². The lowest BCUT2D eigenvalue weighted by Crippen LogP contribution is -2.30. The van der Waals surface area contributed by atoms with Gasteiger partial charge in [-0.15, -0.1) is 0 Å². The largest absolute Gasteiger partial charge is 0.360 e. The van der Waals surface area contributed by atoms with Crippen LogP contribution in [0.25, 0.3) is 0 Å². The Balaban J connectivity index is 2.16. The fourth-order valence-electron chi connectivity index (χ4n) is 2.18. The van der Waals surface area contributed by atoms with Gasteiger partial charge in [0.05, 0.1) is 0 Å². The molecular formula is C13H23N5. The molecule has 1 unspecified atom stereocenters. The van der Waals surface area contributed by atoms with Crippen LogP contribution in [0, 0.1) is 5.92 Å². The maximum absolute atomic E-state index is 4.42. The standard InChI is InChI=1S/C13H23N5/c1-4-17(3)12-7-13(16-10-15-12)18-6-5-14-8-11(2)9-18/h7,10-11,14H,4-6,8-9H2,1-3H3. The molecule has 100 valence electrons. The van der Waals surface area contributed by atoms with Crippen molar-refractivity contribution in [2.24, 2.45) is 5.92 Å². The second kappa shape index (κ2) is 6.00. The normalized spacial score (nSPS) is 20.6. The van der Waals surface area contributed by atoms with Crippen LogP contribution in [0.4, 0.5) is 11.6 Å². The maximum atomic E-state index is 4.42. The van der Waals surface area contributed by atoms with E-state index in [0.717, 1.165) is 44.4 Å². The minimum Gasteiger partial charge on any atom is -0.360 e. The fraction of sp³-hybridized carbons (Fsp3) is 0.692. The van der Waals surface area contributed by atoms with E-state index in [1.54, 1.807) is 6.33 Å². The maximum Gasteiger partial charge on any atom is 0.134 e. The summed E-state index contributed by atoms with van der Waals surface area (Å²) in [6.45, 7) is 9.52. The summed E-state index contributed by atoms with van der Waals surface area (Å²) in [4.78, 5) is 13.2. The number of hydrogen-bond acceptors (Lipinski definition) is 5. The number of nitrogens with one attached hydrogen (secondary N) is 1. The van der Waals surface area contributed by atoms with Gasteiger partial charge in [0.15, 0.2) is 0 Å². The van der Waals surface area contributed by atoms with E-state index < -0.39 is 0 Å². The quantitative estimate of drug-likeness (QED) is 0.865. The van der Waals surface area contributed by atoms with Crippen molar-refractivity contribution >= 4 is 11.6 Å². The summed E-state index contributed by atoms with van der Waals surface area (Å²) < 4.78 is 0. The average molecular weight is 249 g/mol. The van der Waals surface area contributed by atoms with Gasteiger partial charge in [0.25, 0.3) is 0 Å². The third-order valence-corrected chi connectivity index (χ3v) is 3.41. The molecule has 0 spiro atoms. The van der Waals surface area contributed by atoms with Crippen molar-refractivity contribution in [2.75, 3.05) is 49.6 Å². The Hall–Kier alpha value is -1.36. The van der Waals surface area contributed by atoms with E-state index in [0.29, 0.717) is 5.92 Å². The van der Waals surface area contributed by atoms with Crippen molar-refractivity contribution in [2.45, 2.75) is 13.8 Å². The molecule has 0 amide bonds. The topological polar surface area (TPSA) is 44.3 Å². The number of anilines is 2. The summed E-state index contributed by atoms with van der Waals surface area (Å²) in [5, 5.41) is 3.45. The van der Waals surface area contributed by atoms with Gasteiger partial charge in [0, 0.05) is 39.3 Å². The van der Waals surface area contributed by atoms with E-state index in [-0.39, 0.29) is 0 Å². The molecule has 1 fully saturated rings. The Morgan fingerprint density at radius 2 is 2.33 bits per heavy atom. The molecule has 0 saturated carbocycles. The van der Waals surface area contributed by atoms with E-state index in [1.807, 2.05) is 0 Å². The lowest BCUT2D eigenvalue weighted by Gasteiger charge is -2.24. The predicted molar refractivity (Wildman–Crippen MR) is 75.2 cm³/mol. The van der Waals surface area contributed by atoms with E-state index in [1.165, 1.54) is 0 Å². The Bertz CT molecular complexity index is 381. The summed E-state index contributed by atoms with van der Waals surface area (Å²) in [5.74, 6) is 2.68. The molecule has 5 heteroatoms. The summed E-state index contributed by atoms with van der Waals surface area (Å²) in [6.07, 6.45) is 1.67. The molecule has 1 aromatic heterocycles. The molecule has 1 aromatic rings. The number of rotatable bonds is 3. The van der Waals surface area contributed by atoms with Gasteiger partial charge in [-0.25, -0.2) is 9.97 Å². The van der Waals surface area contributed by atoms with Crippen molar-refractivity contribution in [3.8, 4) is 0 Å². The molecular weight excluding hydrogens is 226 g/mol. The fourth-order valence-corrected chi connectivity index (χ4v) is 2.18. The van der Waals surface area contributed by atoms with Crippen molar-refractivity contribution < 1.29 is 0 Å². The van der Waals surface area contributed by atoms with E-state index in [4.69, 9.17) is 0 Å². The zero-order chi connectivity index (χ0) is 13.0. The molecule has 0 aliphatic carbocycles. The lowest BCUT2D eigenvalue weighted by atomic mass is 10.2. The first kappa shape index (κ1) is 13.1. The van der Waals surface area contributed by atoms with Gasteiger partial charge in [-0.05, 0) is 19.4 Å². The van der Waals surface area contributed by atoms with Crippen molar-refractivity contribution in [3.05, 3.63) is 12.4 Å². The van der Waals surface area contributed by atoms with Crippen LogP contribution in [-0.4, -0.2) is 49.7 Å². The molecule has 2 rings (SSSR count). The Kier molecular flexibility index (Phi) is 4.36. The molecule has 1 N–H and O–H groups in total. The summed E-state index contributed by atoms with van der Waals surface area (Å²) in [7, 11) is 2.05. The highest BCUT2D eigenvalue weighted by atomic mass is 15.2. The van der Waals surface area contributed by atoms with Gasteiger partial charge in [0.2, 0.25) is 0 Å². The van der Waals surface area contributed by atoms with Gasteiger partial charge in [-0.2, -0.15) is 0 Å². The van der Waals surface area contributed by atoms with Crippen LogP contribution in [0.2, 0.25) is 0 Å². The zero-order valence-corrected chi connectivity index (χ0v) is 11.6. The second-order valence-electron chi connectivity index (χ2n) is 5.00. The van der Waals surface area contributed by atoms with Gasteiger partial charge < -0.3 is 15.1 Å². The van der Waals surface area contributed by atoms with Crippen LogP contribution in [0.3, 0.4) is 0 Å². The Morgan fingerprint density at radius 3 is 3.11 bits per heavy atom. The number of aromatic nitrogens is 2. The predicted octanol–water partition coefficient (Wildman–Crippen LogP) is 0.978. The highest BCUT2D eigenvalue weighted by Gasteiger charge is 2.16. The van der Waals surface area contributed by atoms with Crippen LogP contribution in [-0.2, 0) is 0 Å². The Labute approximate surface area is 109 Å². The minimum absolute atomic E-state index is 0.648. The van der Waals surface area contributed by atoms with Gasteiger partial charge in [-0.1, -0.05) is 6.92 Å². The Morgan fingerprint density at radius 1 is 1.50 bits per heavy atom. The highest BCUT2D eigenvalue weighted by Crippen LogP contribution is 2.18. The number of nitrogens with zero attached hydrogens (tertiary/aromatic N) is 4. The minimum atomic E-state index is 0.648. The molecule has 0 bridgehead atoms. The van der Waals surface area contributed by atoms with Gasteiger partial charge in [0.1, 0.15) is 18.0 Å². The molecule has 0 aromatic carbocycles. The molecule has 1 aliphatic heterocycles. The molecule has 18 heavy (non-hydrogen) atoms. The average Bonchev–Trinajstić information content (AvgIpc) is 2.62. The van der Waals surface area contributed by atoms with Crippen molar-refractivity contribution in [1.29, 1.82) is 0 Å². The molecule has 2 heterocycles. The first-order valence-corrected chi connectivity index (χ1v) is 6.69. The molecule has 5 nitrogen and oxygen atoms in total. The van der Waals surface area contributed by atoms with E-state index in [9.17, 15) is 0 Å². The smallest absolute Gasteiger partial charge is 0.134 e. The van der Waals surface area contributed by atoms with Gasteiger partial charge in [-0.3, -0.25) is 0 Å². The van der Waals surface area contributed by atoms with Crippen LogP contribution < -0.4 is 15.1 Å². The first-order valence-electron chi connectivity index (χ1n) is 6.69. The third-order valence-electron chi connectivity index (χ3n) is 3.41. The lowest BCUT2D eigenvalue weighted by molar-refractivity contribution is 0.563. The van der Waals surface area contributed by atoms with E-state index in [2.05, 4.69) is 52.0 Å². The van der Waals surface area contributed by atoms with Gasteiger partial charge >= 0.3 is 0 Å². The third kappa shape index (κ3) is 3.10. The van der Waals surface area contributed by atoms with Crippen LogP contribution in [0.5, 0.6) is 0 Å². The molecule has 1 aliphatic rings. The van der Waals surface area contributed by atoms with Crippen molar-refractivity contribution in [3.63, 3.8) is 0 Å². The number of hydrogen-bond donors (Lipinski definition) is 1. The molecule has 0 radical (unpaired) electrons. The molecule has 1 saturated heterocycles. The summed E-state index contributed by atoms with van der Waals surface area (Å²) >= 11 is 0. The highest BCUT2D eigenvalue weighted by molar-refractivity contribution is 5.49. The summed E-state index contributed by atoms with van der Waals surface area (Å²) in [5.41, 5.74) is 0. The summed E-state index contributed by atoms with van der Waals surface area (Å²) in [6, 6.07) is 2.08. The van der Waals surface area contributed by atoms with Crippen LogP contribution >= 0.6 is 0 Å². The second-order valence-corrected chi connectivity index (χ2v) is 5.00. The zero-order valence-electron chi connectivity index (χ0n) is 11.6. The monoisotopic (exact) mass is 249 g/mol. The SMILES string of the molecule is CCN(C)c1cc(N2CCNCC(C)C2)ncn1. The molecule has 1 atom stereocenters.